The molecule has 60 valence electrons. The summed E-state index contributed by atoms with van der Waals surface area (Å²) < 4.78 is 0. The lowest BCUT2D eigenvalue weighted by Crippen LogP contribution is -2.31. The molecule has 0 radical (unpaired) electrons. The molecule has 4 unspecified atom stereocenters. The van der Waals surface area contributed by atoms with Crippen LogP contribution in [0, 0.1) is 23.7 Å². The highest BCUT2D eigenvalue weighted by Crippen LogP contribution is 2.47. The quantitative estimate of drug-likeness (QED) is 0.556. The molecule has 1 amide bonds. The molecule has 2 nitrogen and oxygen atoms in total. The van der Waals surface area contributed by atoms with E-state index in [0.717, 1.165) is 6.42 Å². The van der Waals surface area contributed by atoms with E-state index in [9.17, 15) is 4.79 Å². The minimum atomic E-state index is -0.116. The molecule has 2 aliphatic carbocycles. The van der Waals surface area contributed by atoms with E-state index in [1.54, 1.807) is 0 Å². The van der Waals surface area contributed by atoms with Crippen molar-refractivity contribution < 1.29 is 4.79 Å². The van der Waals surface area contributed by atoms with E-state index in [2.05, 4.69) is 19.1 Å². The van der Waals surface area contributed by atoms with Gasteiger partial charge < -0.3 is 5.73 Å². The largest absolute Gasteiger partial charge is 0.369 e. The van der Waals surface area contributed by atoms with Gasteiger partial charge in [0.15, 0.2) is 0 Å². The van der Waals surface area contributed by atoms with Gasteiger partial charge >= 0.3 is 0 Å². The summed E-state index contributed by atoms with van der Waals surface area (Å²) in [6.07, 6.45) is 5.53. The van der Waals surface area contributed by atoms with Gasteiger partial charge in [-0.15, -0.1) is 0 Å². The summed E-state index contributed by atoms with van der Waals surface area (Å²) in [4.78, 5) is 11.0. The Morgan fingerprint density at radius 2 is 2.09 bits per heavy atom. The molecule has 1 fully saturated rings. The van der Waals surface area contributed by atoms with Crippen molar-refractivity contribution >= 4 is 5.91 Å². The number of allylic oxidation sites excluding steroid dienone is 2. The highest BCUT2D eigenvalue weighted by Gasteiger charge is 2.44. The lowest BCUT2D eigenvalue weighted by molar-refractivity contribution is -0.123. The van der Waals surface area contributed by atoms with E-state index in [-0.39, 0.29) is 11.8 Å². The normalized spacial score (nSPS) is 46.6. The van der Waals surface area contributed by atoms with Gasteiger partial charge in [-0.05, 0) is 24.2 Å². The van der Waals surface area contributed by atoms with Crippen LogP contribution in [0.2, 0.25) is 0 Å². The second kappa shape index (κ2) is 2.10. The number of amides is 1. The molecule has 2 aliphatic rings. The molecule has 2 heteroatoms. The summed E-state index contributed by atoms with van der Waals surface area (Å²) in [5, 5.41) is 0. The number of fused-ring (bicyclic) bond motifs is 2. The van der Waals surface area contributed by atoms with Crippen LogP contribution < -0.4 is 5.73 Å². The summed E-state index contributed by atoms with van der Waals surface area (Å²) in [6, 6.07) is 0. The average Bonchev–Trinajstić information content (AvgIpc) is 2.44. The lowest BCUT2D eigenvalue weighted by atomic mass is 9.84. The second-order valence-corrected chi connectivity index (χ2v) is 3.74. The van der Waals surface area contributed by atoms with Crippen molar-refractivity contribution in [3.8, 4) is 0 Å². The van der Waals surface area contributed by atoms with E-state index >= 15 is 0 Å². The smallest absolute Gasteiger partial charge is 0.221 e. The molecular weight excluding hydrogens is 138 g/mol. The van der Waals surface area contributed by atoms with Gasteiger partial charge in [-0.3, -0.25) is 4.79 Å². The average molecular weight is 151 g/mol. The number of carbonyl (C=O) groups excluding carboxylic acids is 1. The van der Waals surface area contributed by atoms with Crippen LogP contribution in [0.5, 0.6) is 0 Å². The molecule has 0 heterocycles. The summed E-state index contributed by atoms with van der Waals surface area (Å²) in [7, 11) is 0. The number of primary amides is 1. The fourth-order valence-corrected chi connectivity index (χ4v) is 2.54. The van der Waals surface area contributed by atoms with Gasteiger partial charge in [0.25, 0.3) is 0 Å². The molecule has 0 aromatic heterocycles. The van der Waals surface area contributed by atoms with E-state index in [1.165, 1.54) is 0 Å². The fourth-order valence-electron chi connectivity index (χ4n) is 2.54. The predicted molar refractivity (Wildman–Crippen MR) is 42.6 cm³/mol. The van der Waals surface area contributed by atoms with Crippen LogP contribution >= 0.6 is 0 Å². The van der Waals surface area contributed by atoms with Crippen molar-refractivity contribution in [3.05, 3.63) is 12.2 Å². The molecule has 1 saturated carbocycles. The van der Waals surface area contributed by atoms with Crippen molar-refractivity contribution in [2.45, 2.75) is 13.3 Å². The first-order valence-corrected chi connectivity index (χ1v) is 4.18. The van der Waals surface area contributed by atoms with E-state index < -0.39 is 0 Å². The number of carbonyl (C=O) groups is 1. The minimum Gasteiger partial charge on any atom is -0.369 e. The Morgan fingerprint density at radius 1 is 1.45 bits per heavy atom. The maximum atomic E-state index is 11.0. The minimum absolute atomic E-state index is 0.116. The Balaban J connectivity index is 2.25. The lowest BCUT2D eigenvalue weighted by Gasteiger charge is -2.20. The molecule has 0 spiro atoms. The molecule has 11 heavy (non-hydrogen) atoms. The first-order valence-electron chi connectivity index (χ1n) is 4.18. The number of hydrogen-bond acceptors (Lipinski definition) is 1. The Kier molecular flexibility index (Phi) is 1.31. The van der Waals surface area contributed by atoms with Crippen LogP contribution in [-0.4, -0.2) is 5.91 Å². The third-order valence-corrected chi connectivity index (χ3v) is 3.18. The van der Waals surface area contributed by atoms with Crippen LogP contribution in [0.4, 0.5) is 0 Å². The number of nitrogens with two attached hydrogens (primary N) is 1. The third kappa shape index (κ3) is 0.817. The monoisotopic (exact) mass is 151 g/mol. The third-order valence-electron chi connectivity index (χ3n) is 3.18. The van der Waals surface area contributed by atoms with Crippen LogP contribution in [0.15, 0.2) is 12.2 Å². The van der Waals surface area contributed by atoms with Gasteiger partial charge in [0, 0.05) is 5.92 Å². The second-order valence-electron chi connectivity index (χ2n) is 3.74. The zero-order valence-electron chi connectivity index (χ0n) is 6.66. The Labute approximate surface area is 66.5 Å². The summed E-state index contributed by atoms with van der Waals surface area (Å²) >= 11 is 0. The van der Waals surface area contributed by atoms with Crippen molar-refractivity contribution in [1.29, 1.82) is 0 Å². The van der Waals surface area contributed by atoms with Gasteiger partial charge in [0.1, 0.15) is 0 Å². The number of rotatable bonds is 1. The van der Waals surface area contributed by atoms with E-state index in [0.29, 0.717) is 17.8 Å². The van der Waals surface area contributed by atoms with Gasteiger partial charge in [0.2, 0.25) is 5.91 Å². The van der Waals surface area contributed by atoms with Gasteiger partial charge in [0.05, 0.1) is 0 Å². The van der Waals surface area contributed by atoms with Gasteiger partial charge in [-0.2, -0.15) is 0 Å². The van der Waals surface area contributed by atoms with E-state index in [4.69, 9.17) is 5.73 Å². The highest BCUT2D eigenvalue weighted by molar-refractivity contribution is 5.78. The summed E-state index contributed by atoms with van der Waals surface area (Å²) in [6.45, 7) is 2.13. The topological polar surface area (TPSA) is 43.1 Å². The zero-order valence-corrected chi connectivity index (χ0v) is 6.66. The standard InChI is InChI=1S/C9H13NO/c1-5-6-2-3-7(4-6)8(5)9(10)11/h2-3,5-8H,4H2,1H3,(H2,10,11). The number of hydrogen-bond donors (Lipinski definition) is 1. The molecule has 2 rings (SSSR count). The molecule has 0 aromatic carbocycles. The SMILES string of the molecule is CC1C2C=CC(C2)C1C(N)=O. The molecule has 4 atom stereocenters. The maximum Gasteiger partial charge on any atom is 0.221 e. The van der Waals surface area contributed by atoms with Crippen LogP contribution in [-0.2, 0) is 4.79 Å². The molecule has 2 bridgehead atoms. The van der Waals surface area contributed by atoms with Crippen LogP contribution in [0.1, 0.15) is 13.3 Å². The maximum absolute atomic E-state index is 11.0. The van der Waals surface area contributed by atoms with Gasteiger partial charge in [-0.1, -0.05) is 19.1 Å². The zero-order chi connectivity index (χ0) is 8.01. The first-order chi connectivity index (χ1) is 5.20. The highest BCUT2D eigenvalue weighted by atomic mass is 16.1. The molecule has 0 aliphatic heterocycles. The Morgan fingerprint density at radius 3 is 2.45 bits per heavy atom. The van der Waals surface area contributed by atoms with Crippen LogP contribution in [0.25, 0.3) is 0 Å². The first kappa shape index (κ1) is 6.89. The van der Waals surface area contributed by atoms with Crippen molar-refractivity contribution in [3.63, 3.8) is 0 Å². The fraction of sp³-hybridized carbons (Fsp3) is 0.667. The van der Waals surface area contributed by atoms with Crippen molar-refractivity contribution in [2.75, 3.05) is 0 Å². The Bertz CT molecular complexity index is 222. The molecule has 0 aromatic rings. The van der Waals surface area contributed by atoms with Crippen molar-refractivity contribution in [1.82, 2.24) is 0 Å². The molecule has 2 N–H and O–H groups in total. The van der Waals surface area contributed by atoms with Crippen LogP contribution in [0.3, 0.4) is 0 Å². The van der Waals surface area contributed by atoms with E-state index in [1.807, 2.05) is 0 Å². The Hall–Kier alpha value is -0.790. The van der Waals surface area contributed by atoms with Crippen molar-refractivity contribution in [2.24, 2.45) is 29.4 Å². The summed E-state index contributed by atoms with van der Waals surface area (Å²) in [5.41, 5.74) is 5.30. The predicted octanol–water partition coefficient (Wildman–Crippen LogP) is 0.930. The van der Waals surface area contributed by atoms with Gasteiger partial charge in [-0.25, -0.2) is 0 Å². The molecule has 0 saturated heterocycles. The summed E-state index contributed by atoms with van der Waals surface area (Å²) in [5.74, 6) is 1.55. The molecular formula is C9H13NO.